The summed E-state index contributed by atoms with van der Waals surface area (Å²) in [5, 5.41) is 17.3. The fourth-order valence-corrected chi connectivity index (χ4v) is 2.88. The Hall–Kier alpha value is -2.18. The number of carbonyl (C=O) groups excluding carboxylic acids is 2. The zero-order chi connectivity index (χ0) is 16.9. The van der Waals surface area contributed by atoms with Crippen LogP contribution < -0.4 is 10.6 Å². The molecule has 0 spiro atoms. The van der Waals surface area contributed by atoms with Crippen molar-refractivity contribution in [3.05, 3.63) is 58.3 Å². The molecule has 0 aliphatic heterocycles. The van der Waals surface area contributed by atoms with Crippen molar-refractivity contribution in [1.29, 1.82) is 0 Å². The number of hydrogen-bond donors (Lipinski definition) is 3. The molecule has 0 saturated carbocycles. The van der Waals surface area contributed by atoms with Gasteiger partial charge in [0, 0.05) is 4.88 Å². The number of carbonyl (C=O) groups is 2. The van der Waals surface area contributed by atoms with Gasteiger partial charge in [-0.05, 0) is 30.9 Å². The first-order chi connectivity index (χ1) is 10.9. The minimum absolute atomic E-state index is 0.0283. The first-order valence-electron chi connectivity index (χ1n) is 7.30. The molecular formula is C17H20N2O3S. The van der Waals surface area contributed by atoms with E-state index >= 15 is 0 Å². The average molecular weight is 332 g/mol. The molecule has 122 valence electrons. The Labute approximate surface area is 139 Å². The Balaban J connectivity index is 1.87. The lowest BCUT2D eigenvalue weighted by molar-refractivity contribution is -0.140. The van der Waals surface area contributed by atoms with Crippen LogP contribution >= 0.6 is 11.3 Å². The Morgan fingerprint density at radius 2 is 1.87 bits per heavy atom. The highest BCUT2D eigenvalue weighted by molar-refractivity contribution is 7.10. The third-order valence-electron chi connectivity index (χ3n) is 3.50. The number of benzene rings is 1. The highest BCUT2D eigenvalue weighted by Gasteiger charge is 2.26. The molecule has 2 atom stereocenters. The van der Waals surface area contributed by atoms with Crippen LogP contribution in [0.5, 0.6) is 0 Å². The van der Waals surface area contributed by atoms with Gasteiger partial charge < -0.3 is 15.7 Å². The third-order valence-corrected chi connectivity index (χ3v) is 4.62. The van der Waals surface area contributed by atoms with Crippen LogP contribution in [0.4, 0.5) is 0 Å². The van der Waals surface area contributed by atoms with Crippen molar-refractivity contribution in [3.63, 3.8) is 0 Å². The molecule has 0 radical (unpaired) electrons. The summed E-state index contributed by atoms with van der Waals surface area (Å²) in [6.07, 6.45) is 0. The lowest BCUT2D eigenvalue weighted by Crippen LogP contribution is -2.45. The minimum Gasteiger partial charge on any atom is -0.383 e. The van der Waals surface area contributed by atoms with Gasteiger partial charge in [-0.1, -0.05) is 36.4 Å². The molecule has 0 fully saturated rings. The Bertz CT molecular complexity index is 654. The molecule has 0 aliphatic rings. The number of nitrogens with one attached hydrogen (secondary N) is 2. The molecule has 2 rings (SSSR count). The number of aliphatic hydroxyl groups is 1. The van der Waals surface area contributed by atoms with Gasteiger partial charge in [0.1, 0.15) is 5.60 Å². The van der Waals surface area contributed by atoms with Gasteiger partial charge in [0.15, 0.2) is 0 Å². The number of thiophene rings is 1. The first kappa shape index (κ1) is 17.2. The van der Waals surface area contributed by atoms with E-state index in [-0.39, 0.29) is 12.6 Å². The van der Waals surface area contributed by atoms with Crippen molar-refractivity contribution < 1.29 is 14.7 Å². The Morgan fingerprint density at radius 3 is 2.48 bits per heavy atom. The predicted octanol–water partition coefficient (Wildman–Crippen LogP) is 1.95. The smallest absolute Gasteiger partial charge is 0.309 e. The highest BCUT2D eigenvalue weighted by Crippen LogP contribution is 2.24. The van der Waals surface area contributed by atoms with Gasteiger partial charge in [0.25, 0.3) is 0 Å². The SMILES string of the molecule is CC(NC(=O)C(=O)NCC(C)(O)c1cccs1)c1ccccc1. The standard InChI is InChI=1S/C17H20N2O3S/c1-12(13-7-4-3-5-8-13)19-16(21)15(20)18-11-17(2,22)14-9-6-10-23-14/h3-10,12,22H,11H2,1-2H3,(H,18,20)(H,19,21). The summed E-state index contributed by atoms with van der Waals surface area (Å²) in [5.41, 5.74) is -0.283. The fraction of sp³-hybridized carbons (Fsp3) is 0.294. The summed E-state index contributed by atoms with van der Waals surface area (Å²) < 4.78 is 0. The third kappa shape index (κ3) is 4.64. The normalized spacial score (nSPS) is 14.6. The minimum atomic E-state index is -1.20. The molecule has 23 heavy (non-hydrogen) atoms. The second kappa shape index (κ2) is 7.39. The van der Waals surface area contributed by atoms with Crippen molar-refractivity contribution in [1.82, 2.24) is 10.6 Å². The number of hydrogen-bond acceptors (Lipinski definition) is 4. The van der Waals surface area contributed by atoms with Crippen LogP contribution in [0.2, 0.25) is 0 Å². The maximum absolute atomic E-state index is 11.9. The Kier molecular flexibility index (Phi) is 5.52. The molecule has 2 aromatic rings. The Morgan fingerprint density at radius 1 is 1.17 bits per heavy atom. The maximum Gasteiger partial charge on any atom is 0.309 e. The molecule has 3 N–H and O–H groups in total. The van der Waals surface area contributed by atoms with Gasteiger partial charge >= 0.3 is 11.8 Å². The number of amides is 2. The summed E-state index contributed by atoms with van der Waals surface area (Å²) in [4.78, 5) is 24.6. The van der Waals surface area contributed by atoms with E-state index in [1.165, 1.54) is 11.3 Å². The first-order valence-corrected chi connectivity index (χ1v) is 8.18. The fourth-order valence-electron chi connectivity index (χ4n) is 2.09. The lowest BCUT2D eigenvalue weighted by Gasteiger charge is -2.22. The van der Waals surface area contributed by atoms with Crippen molar-refractivity contribution in [2.75, 3.05) is 6.54 Å². The summed E-state index contributed by atoms with van der Waals surface area (Å²) >= 11 is 1.40. The quantitative estimate of drug-likeness (QED) is 0.732. The van der Waals surface area contributed by atoms with Crippen LogP contribution in [-0.2, 0) is 15.2 Å². The van der Waals surface area contributed by atoms with Crippen LogP contribution in [-0.4, -0.2) is 23.5 Å². The van der Waals surface area contributed by atoms with Gasteiger partial charge in [0.2, 0.25) is 0 Å². The van der Waals surface area contributed by atoms with Gasteiger partial charge in [-0.2, -0.15) is 0 Å². The highest BCUT2D eigenvalue weighted by atomic mass is 32.1. The van der Waals surface area contributed by atoms with Crippen LogP contribution in [0.1, 0.15) is 30.3 Å². The van der Waals surface area contributed by atoms with E-state index < -0.39 is 17.4 Å². The van der Waals surface area contributed by atoms with E-state index in [1.807, 2.05) is 48.7 Å². The van der Waals surface area contributed by atoms with Crippen LogP contribution in [0.3, 0.4) is 0 Å². The summed E-state index contributed by atoms with van der Waals surface area (Å²) in [7, 11) is 0. The summed E-state index contributed by atoms with van der Waals surface area (Å²) in [5.74, 6) is -1.48. The molecule has 2 unspecified atom stereocenters. The number of rotatable bonds is 5. The van der Waals surface area contributed by atoms with Gasteiger partial charge in [-0.3, -0.25) is 9.59 Å². The second-order valence-corrected chi connectivity index (χ2v) is 6.49. The van der Waals surface area contributed by atoms with Gasteiger partial charge in [-0.25, -0.2) is 0 Å². The van der Waals surface area contributed by atoms with Crippen molar-refractivity contribution in [2.24, 2.45) is 0 Å². The molecule has 5 nitrogen and oxygen atoms in total. The van der Waals surface area contributed by atoms with Gasteiger partial charge in [0.05, 0.1) is 12.6 Å². The largest absolute Gasteiger partial charge is 0.383 e. The average Bonchev–Trinajstić information content (AvgIpc) is 3.08. The van der Waals surface area contributed by atoms with E-state index in [0.29, 0.717) is 0 Å². The molecule has 2 amide bonds. The van der Waals surface area contributed by atoms with Crippen molar-refractivity contribution in [3.8, 4) is 0 Å². The molecule has 0 bridgehead atoms. The predicted molar refractivity (Wildman–Crippen MR) is 89.9 cm³/mol. The van der Waals surface area contributed by atoms with Crippen molar-refractivity contribution in [2.45, 2.75) is 25.5 Å². The monoisotopic (exact) mass is 332 g/mol. The van der Waals surface area contributed by atoms with E-state index in [2.05, 4.69) is 10.6 Å². The van der Waals surface area contributed by atoms with E-state index in [4.69, 9.17) is 0 Å². The molecular weight excluding hydrogens is 312 g/mol. The lowest BCUT2D eigenvalue weighted by atomic mass is 10.1. The van der Waals surface area contributed by atoms with E-state index in [0.717, 1.165) is 10.4 Å². The molecule has 1 heterocycles. The second-order valence-electron chi connectivity index (χ2n) is 5.54. The molecule has 0 saturated heterocycles. The molecule has 6 heteroatoms. The topological polar surface area (TPSA) is 78.4 Å². The van der Waals surface area contributed by atoms with Crippen LogP contribution in [0.25, 0.3) is 0 Å². The zero-order valence-corrected chi connectivity index (χ0v) is 13.9. The van der Waals surface area contributed by atoms with Crippen molar-refractivity contribution >= 4 is 23.2 Å². The molecule has 1 aromatic carbocycles. The molecule has 0 aliphatic carbocycles. The van der Waals surface area contributed by atoms with E-state index in [9.17, 15) is 14.7 Å². The van der Waals surface area contributed by atoms with E-state index in [1.54, 1.807) is 13.0 Å². The van der Waals surface area contributed by atoms with Gasteiger partial charge in [-0.15, -0.1) is 11.3 Å². The van der Waals surface area contributed by atoms with Crippen LogP contribution in [0, 0.1) is 0 Å². The van der Waals surface area contributed by atoms with Crippen LogP contribution in [0.15, 0.2) is 47.8 Å². The zero-order valence-electron chi connectivity index (χ0n) is 13.1. The summed E-state index contributed by atoms with van der Waals surface area (Å²) in [6, 6.07) is 12.7. The molecule has 1 aromatic heterocycles. The summed E-state index contributed by atoms with van der Waals surface area (Å²) in [6.45, 7) is 3.38. The maximum atomic E-state index is 11.9.